The standard InChI is InChI=1S/C43H52N8O6S/c44-29-33-8-10-34(11-9-33)30-45-42(54)38-27-31-12-16-36(17-13-31)47-41(53)20-22-51-25-23-50(24-26-51)21-4-7-40(52)46-35-18-14-32(15-19-35)28-39(43(55)48-38)49-58(56,57)37-5-2-1-3-6-37/h1-3,5-6,8-19,38-39,49H,4,7,20-30,44H2,(H,45,54)(H,46,52)(H,47,53)(H,48,55)/t38-,39+/m0/s1. The lowest BCUT2D eigenvalue weighted by Gasteiger charge is -2.34. The molecule has 15 heteroatoms. The molecule has 14 nitrogen and oxygen atoms in total. The van der Waals surface area contributed by atoms with Crippen molar-refractivity contribution < 1.29 is 27.6 Å². The van der Waals surface area contributed by atoms with Gasteiger partial charge in [-0.3, -0.25) is 19.2 Å². The van der Waals surface area contributed by atoms with Crippen molar-refractivity contribution in [3.63, 3.8) is 0 Å². The molecule has 0 aromatic heterocycles. The lowest BCUT2D eigenvalue weighted by Crippen LogP contribution is -2.55. The zero-order chi connectivity index (χ0) is 40.9. The molecule has 7 N–H and O–H groups in total. The highest BCUT2D eigenvalue weighted by Crippen LogP contribution is 2.17. The van der Waals surface area contributed by atoms with Gasteiger partial charge >= 0.3 is 0 Å². The molecular formula is C43H52N8O6S. The van der Waals surface area contributed by atoms with Crippen molar-refractivity contribution in [2.45, 2.75) is 62.2 Å². The number of nitrogens with one attached hydrogen (secondary N) is 5. The van der Waals surface area contributed by atoms with Crippen molar-refractivity contribution in [1.29, 1.82) is 0 Å². The van der Waals surface area contributed by atoms with Gasteiger partial charge in [-0.1, -0.05) is 66.7 Å². The number of benzene rings is 4. The first-order chi connectivity index (χ1) is 28.0. The molecule has 5 heterocycles. The quantitative estimate of drug-likeness (QED) is 0.163. The maximum atomic E-state index is 14.2. The number of piperazine rings is 1. The van der Waals surface area contributed by atoms with Crippen LogP contribution in [-0.2, 0) is 55.1 Å². The number of fused-ring (bicyclic) bond motifs is 3. The Bertz CT molecular complexity index is 2110. The molecule has 4 aromatic carbocycles. The molecule has 0 spiro atoms. The third-order valence-electron chi connectivity index (χ3n) is 10.4. The summed E-state index contributed by atoms with van der Waals surface area (Å²) in [5.41, 5.74) is 10.0. The normalized spacial score (nSPS) is 21.4. The predicted octanol–water partition coefficient (Wildman–Crippen LogP) is 2.76. The molecule has 2 atom stereocenters. The van der Waals surface area contributed by atoms with Crippen LogP contribution in [0.5, 0.6) is 0 Å². The molecule has 4 amide bonds. The Morgan fingerprint density at radius 1 is 0.672 bits per heavy atom. The fourth-order valence-corrected chi connectivity index (χ4v) is 8.17. The predicted molar refractivity (Wildman–Crippen MR) is 223 cm³/mol. The summed E-state index contributed by atoms with van der Waals surface area (Å²) in [7, 11) is -4.17. The zero-order valence-electron chi connectivity index (χ0n) is 32.5. The number of sulfonamides is 1. The molecule has 4 aromatic rings. The summed E-state index contributed by atoms with van der Waals surface area (Å²) in [5.74, 6) is -1.40. The first-order valence-electron chi connectivity index (χ1n) is 19.7. The number of nitrogens with zero attached hydrogens (tertiary/aromatic N) is 2. The molecule has 6 bridgehead atoms. The van der Waals surface area contributed by atoms with E-state index in [9.17, 15) is 27.6 Å². The molecule has 58 heavy (non-hydrogen) atoms. The van der Waals surface area contributed by atoms with Crippen molar-refractivity contribution in [2.24, 2.45) is 5.73 Å². The highest BCUT2D eigenvalue weighted by molar-refractivity contribution is 7.89. The van der Waals surface area contributed by atoms with E-state index >= 15 is 0 Å². The van der Waals surface area contributed by atoms with Gasteiger partial charge in [0.05, 0.1) is 4.90 Å². The maximum absolute atomic E-state index is 14.2. The topological polar surface area (TPSA) is 195 Å². The fourth-order valence-electron chi connectivity index (χ4n) is 6.96. The molecule has 9 rings (SSSR count). The molecule has 1 saturated heterocycles. The Morgan fingerprint density at radius 2 is 1.22 bits per heavy atom. The molecule has 5 aliphatic rings. The second-order valence-corrected chi connectivity index (χ2v) is 16.4. The van der Waals surface area contributed by atoms with E-state index in [1.165, 1.54) is 12.1 Å². The van der Waals surface area contributed by atoms with Crippen LogP contribution in [0.15, 0.2) is 108 Å². The molecule has 306 valence electrons. The highest BCUT2D eigenvalue weighted by Gasteiger charge is 2.30. The summed E-state index contributed by atoms with van der Waals surface area (Å²) in [5, 5.41) is 11.6. The van der Waals surface area contributed by atoms with Gasteiger partial charge in [-0.05, 0) is 78.0 Å². The molecule has 0 aliphatic carbocycles. The van der Waals surface area contributed by atoms with E-state index in [0.29, 0.717) is 54.9 Å². The maximum Gasteiger partial charge on any atom is 0.243 e. The summed E-state index contributed by atoms with van der Waals surface area (Å²) in [6, 6.07) is 26.8. The number of rotatable bonds is 7. The summed E-state index contributed by atoms with van der Waals surface area (Å²) in [6.07, 6.45) is 1.42. The van der Waals surface area contributed by atoms with Crippen LogP contribution in [0.2, 0.25) is 0 Å². The molecule has 0 radical (unpaired) electrons. The minimum atomic E-state index is -4.17. The van der Waals surface area contributed by atoms with Crippen molar-refractivity contribution in [3.8, 4) is 0 Å². The number of amides is 4. The van der Waals surface area contributed by atoms with Crippen molar-refractivity contribution in [2.75, 3.05) is 49.9 Å². The number of carbonyl (C=O) groups excluding carboxylic acids is 4. The Morgan fingerprint density at radius 3 is 1.83 bits per heavy atom. The van der Waals surface area contributed by atoms with Gasteiger partial charge in [0.25, 0.3) is 0 Å². The smallest absolute Gasteiger partial charge is 0.243 e. The van der Waals surface area contributed by atoms with Crippen LogP contribution in [-0.4, -0.2) is 93.2 Å². The number of nitrogens with two attached hydrogens (primary N) is 1. The SMILES string of the molecule is NCc1ccc(CNC(=O)[C@@H]2Cc3ccc(cc3)NC(=O)CCN3CCN(CCCC(=O)Nc4ccc(cc4)C[C@@H](NS(=O)(=O)c4ccccc4)C(=O)N2)CC3)cc1. The summed E-state index contributed by atoms with van der Waals surface area (Å²) in [6.45, 7) is 5.43. The van der Waals surface area contributed by atoms with Crippen LogP contribution >= 0.6 is 0 Å². The fraction of sp³-hybridized carbons (Fsp3) is 0.349. The Balaban J connectivity index is 1.26. The van der Waals surface area contributed by atoms with Crippen LogP contribution in [0, 0.1) is 0 Å². The van der Waals surface area contributed by atoms with E-state index in [2.05, 4.69) is 35.8 Å². The average Bonchev–Trinajstić information content (AvgIpc) is 3.23. The van der Waals surface area contributed by atoms with E-state index < -0.39 is 33.9 Å². The summed E-state index contributed by atoms with van der Waals surface area (Å²) >= 11 is 0. The summed E-state index contributed by atoms with van der Waals surface area (Å²) in [4.78, 5) is 58.4. The van der Waals surface area contributed by atoms with Gasteiger partial charge in [-0.25, -0.2) is 8.42 Å². The number of carbonyl (C=O) groups is 4. The molecule has 1 fully saturated rings. The molecule has 0 unspecified atom stereocenters. The number of anilines is 2. The van der Waals surface area contributed by atoms with Gasteiger partial charge < -0.3 is 36.8 Å². The third-order valence-corrected chi connectivity index (χ3v) is 11.9. The number of hydrogen-bond acceptors (Lipinski definition) is 9. The van der Waals surface area contributed by atoms with E-state index in [4.69, 9.17) is 5.73 Å². The average molecular weight is 809 g/mol. The molecule has 0 saturated carbocycles. The van der Waals surface area contributed by atoms with Gasteiger partial charge in [0.2, 0.25) is 33.7 Å². The van der Waals surface area contributed by atoms with Gasteiger partial charge in [-0.2, -0.15) is 4.72 Å². The van der Waals surface area contributed by atoms with Crippen LogP contribution in [0.25, 0.3) is 0 Å². The lowest BCUT2D eigenvalue weighted by atomic mass is 10.0. The van der Waals surface area contributed by atoms with E-state index in [1.807, 2.05) is 24.3 Å². The van der Waals surface area contributed by atoms with Crippen LogP contribution in [0.3, 0.4) is 0 Å². The van der Waals surface area contributed by atoms with E-state index in [1.54, 1.807) is 66.7 Å². The first kappa shape index (κ1) is 42.2. The second-order valence-electron chi connectivity index (χ2n) is 14.7. The second kappa shape index (κ2) is 20.3. The van der Waals surface area contributed by atoms with Crippen LogP contribution < -0.4 is 31.7 Å². The third kappa shape index (κ3) is 12.5. The minimum Gasteiger partial charge on any atom is -0.350 e. The minimum absolute atomic E-state index is 0.0170. The van der Waals surface area contributed by atoms with Crippen LogP contribution in [0.1, 0.15) is 41.5 Å². The number of hydrogen-bond donors (Lipinski definition) is 6. The van der Waals surface area contributed by atoms with Crippen LogP contribution in [0.4, 0.5) is 11.4 Å². The Labute approximate surface area is 340 Å². The Hall–Kier alpha value is -5.45. The zero-order valence-corrected chi connectivity index (χ0v) is 33.3. The van der Waals surface area contributed by atoms with Crippen molar-refractivity contribution >= 4 is 45.0 Å². The monoisotopic (exact) mass is 808 g/mol. The molecule has 5 aliphatic heterocycles. The lowest BCUT2D eigenvalue weighted by molar-refractivity contribution is -0.129. The highest BCUT2D eigenvalue weighted by atomic mass is 32.2. The van der Waals surface area contributed by atoms with Gasteiger partial charge in [0.1, 0.15) is 12.1 Å². The van der Waals surface area contributed by atoms with Crippen molar-refractivity contribution in [1.82, 2.24) is 25.2 Å². The Kier molecular flexibility index (Phi) is 14.8. The van der Waals surface area contributed by atoms with E-state index in [0.717, 1.165) is 43.9 Å². The first-order valence-corrected chi connectivity index (χ1v) is 21.2. The summed E-state index contributed by atoms with van der Waals surface area (Å²) < 4.78 is 29.7. The van der Waals surface area contributed by atoms with Gasteiger partial charge in [0, 0.05) is 76.5 Å². The van der Waals surface area contributed by atoms with Gasteiger partial charge in [-0.15, -0.1) is 0 Å². The van der Waals surface area contributed by atoms with Gasteiger partial charge in [0.15, 0.2) is 0 Å². The van der Waals surface area contributed by atoms with Crippen molar-refractivity contribution in [3.05, 3.63) is 125 Å². The molecular weight excluding hydrogens is 757 g/mol. The van der Waals surface area contributed by atoms with E-state index in [-0.39, 0.29) is 36.1 Å². The largest absolute Gasteiger partial charge is 0.350 e.